The van der Waals surface area contributed by atoms with E-state index in [1.807, 2.05) is 24.8 Å². The molecule has 2 N–H and O–H groups in total. The van der Waals surface area contributed by atoms with Crippen LogP contribution in [0, 0.1) is 13.8 Å². The fourth-order valence-electron chi connectivity index (χ4n) is 3.18. The average Bonchev–Trinajstić information content (AvgIpc) is 2.87. The van der Waals surface area contributed by atoms with E-state index >= 15 is 0 Å². The van der Waals surface area contributed by atoms with Crippen molar-refractivity contribution < 1.29 is 4.79 Å². The van der Waals surface area contributed by atoms with Crippen LogP contribution in [-0.4, -0.2) is 44.1 Å². The second kappa shape index (κ2) is 6.36. The molecule has 1 saturated heterocycles. The summed E-state index contributed by atoms with van der Waals surface area (Å²) in [5, 5.41) is 7.06. The number of likely N-dealkylation sites (tertiary alicyclic amines) is 1. The summed E-state index contributed by atoms with van der Waals surface area (Å²) in [7, 11) is 0. The molecule has 1 amide bonds. The molecule has 3 rings (SSSR count). The zero-order chi connectivity index (χ0) is 16.4. The van der Waals surface area contributed by atoms with Crippen LogP contribution in [-0.2, 0) is 11.2 Å². The highest BCUT2D eigenvalue weighted by molar-refractivity contribution is 5.79. The van der Waals surface area contributed by atoms with Crippen molar-refractivity contribution >= 4 is 5.91 Å². The summed E-state index contributed by atoms with van der Waals surface area (Å²) in [6, 6.07) is 1.82. The van der Waals surface area contributed by atoms with Crippen LogP contribution in [0.2, 0.25) is 0 Å². The van der Waals surface area contributed by atoms with E-state index in [9.17, 15) is 9.59 Å². The van der Waals surface area contributed by atoms with E-state index in [0.29, 0.717) is 13.0 Å². The molecular formula is C16H21N5O2. The summed E-state index contributed by atoms with van der Waals surface area (Å²) >= 11 is 0. The molecule has 0 bridgehead atoms. The quantitative estimate of drug-likeness (QED) is 0.885. The number of carbonyl (C=O) groups excluding carboxylic acids is 1. The van der Waals surface area contributed by atoms with Gasteiger partial charge in [-0.25, -0.2) is 9.78 Å². The predicted octanol–water partition coefficient (Wildman–Crippen LogP) is 1.06. The maximum atomic E-state index is 12.6. The van der Waals surface area contributed by atoms with E-state index in [0.717, 1.165) is 42.0 Å². The average molecular weight is 315 g/mol. The van der Waals surface area contributed by atoms with Gasteiger partial charge in [0, 0.05) is 42.2 Å². The second-order valence-electron chi connectivity index (χ2n) is 6.10. The fourth-order valence-corrected chi connectivity index (χ4v) is 3.18. The molecule has 3 heterocycles. The van der Waals surface area contributed by atoms with Crippen LogP contribution in [0.1, 0.15) is 41.4 Å². The van der Waals surface area contributed by atoms with Crippen molar-refractivity contribution in [2.24, 2.45) is 0 Å². The van der Waals surface area contributed by atoms with Crippen molar-refractivity contribution in [2.45, 2.75) is 39.0 Å². The molecule has 0 saturated carbocycles. The minimum absolute atomic E-state index is 0.110. The molecule has 23 heavy (non-hydrogen) atoms. The smallest absolute Gasteiger partial charge is 0.342 e. The van der Waals surface area contributed by atoms with Crippen molar-refractivity contribution in [3.63, 3.8) is 0 Å². The van der Waals surface area contributed by atoms with Gasteiger partial charge in [0.2, 0.25) is 5.91 Å². The SMILES string of the molecule is Cc1n[nH]c(C)c1CC(=O)N1CCCC(c2ccnc(=O)[nH]2)C1. The number of hydrogen-bond donors (Lipinski definition) is 2. The van der Waals surface area contributed by atoms with Gasteiger partial charge in [-0.2, -0.15) is 5.10 Å². The number of piperidine rings is 1. The van der Waals surface area contributed by atoms with E-state index in [1.54, 1.807) is 0 Å². The lowest BCUT2D eigenvalue weighted by Gasteiger charge is -2.32. The Labute approximate surface area is 134 Å². The van der Waals surface area contributed by atoms with Crippen molar-refractivity contribution in [3.05, 3.63) is 45.4 Å². The van der Waals surface area contributed by atoms with E-state index in [2.05, 4.69) is 20.2 Å². The van der Waals surface area contributed by atoms with Crippen LogP contribution in [0.3, 0.4) is 0 Å². The van der Waals surface area contributed by atoms with Gasteiger partial charge in [-0.1, -0.05) is 0 Å². The van der Waals surface area contributed by atoms with Crippen LogP contribution >= 0.6 is 0 Å². The fraction of sp³-hybridized carbons (Fsp3) is 0.500. The van der Waals surface area contributed by atoms with Gasteiger partial charge in [-0.3, -0.25) is 9.89 Å². The molecule has 0 aliphatic carbocycles. The summed E-state index contributed by atoms with van der Waals surface area (Å²) < 4.78 is 0. The van der Waals surface area contributed by atoms with Gasteiger partial charge in [-0.05, 0) is 32.8 Å². The molecule has 7 nitrogen and oxygen atoms in total. The first-order chi connectivity index (χ1) is 11.0. The Balaban J connectivity index is 1.71. The molecule has 0 spiro atoms. The first-order valence-corrected chi connectivity index (χ1v) is 7.88. The van der Waals surface area contributed by atoms with Crippen molar-refractivity contribution in [1.82, 2.24) is 25.1 Å². The van der Waals surface area contributed by atoms with Crippen LogP contribution in [0.15, 0.2) is 17.1 Å². The maximum absolute atomic E-state index is 12.6. The molecule has 2 aromatic heterocycles. The number of rotatable bonds is 3. The van der Waals surface area contributed by atoms with E-state index < -0.39 is 0 Å². The Morgan fingerprint density at radius 3 is 2.96 bits per heavy atom. The lowest BCUT2D eigenvalue weighted by Crippen LogP contribution is -2.40. The van der Waals surface area contributed by atoms with Crippen molar-refractivity contribution in [3.8, 4) is 0 Å². The standard InChI is InChI=1S/C16H21N5O2/c1-10-13(11(2)20-19-10)8-15(22)21-7-3-4-12(9-21)14-5-6-17-16(23)18-14/h5-6,12H,3-4,7-9H2,1-2H3,(H,19,20)(H,17,18,23). The third-order valence-electron chi connectivity index (χ3n) is 4.52. The zero-order valence-corrected chi connectivity index (χ0v) is 13.4. The van der Waals surface area contributed by atoms with E-state index in [1.165, 1.54) is 6.20 Å². The molecule has 122 valence electrons. The van der Waals surface area contributed by atoms with Crippen LogP contribution in [0.25, 0.3) is 0 Å². The Morgan fingerprint density at radius 2 is 2.26 bits per heavy atom. The van der Waals surface area contributed by atoms with Gasteiger partial charge in [0.1, 0.15) is 0 Å². The molecule has 0 aromatic carbocycles. The Hall–Kier alpha value is -2.44. The summed E-state index contributed by atoms with van der Waals surface area (Å²) in [5.74, 6) is 0.272. The van der Waals surface area contributed by atoms with E-state index in [-0.39, 0.29) is 17.5 Å². The van der Waals surface area contributed by atoms with Gasteiger partial charge >= 0.3 is 5.69 Å². The number of aromatic nitrogens is 4. The Bertz CT molecular complexity index is 744. The lowest BCUT2D eigenvalue weighted by molar-refractivity contribution is -0.131. The third-order valence-corrected chi connectivity index (χ3v) is 4.52. The Morgan fingerprint density at radius 1 is 1.43 bits per heavy atom. The van der Waals surface area contributed by atoms with Crippen LogP contribution in [0.4, 0.5) is 0 Å². The number of aromatic amines is 2. The predicted molar refractivity (Wildman–Crippen MR) is 85.2 cm³/mol. The number of nitrogens with zero attached hydrogens (tertiary/aromatic N) is 3. The number of amides is 1. The lowest BCUT2D eigenvalue weighted by atomic mass is 9.94. The number of aryl methyl sites for hydroxylation is 2. The number of hydrogen-bond acceptors (Lipinski definition) is 4. The molecule has 1 aliphatic rings. The second-order valence-corrected chi connectivity index (χ2v) is 6.10. The summed E-state index contributed by atoms with van der Waals surface area (Å²) in [5.41, 5.74) is 3.33. The minimum Gasteiger partial charge on any atom is -0.342 e. The van der Waals surface area contributed by atoms with Gasteiger partial charge in [-0.15, -0.1) is 0 Å². The van der Waals surface area contributed by atoms with Crippen molar-refractivity contribution in [1.29, 1.82) is 0 Å². The first kappa shape index (κ1) is 15.5. The highest BCUT2D eigenvalue weighted by atomic mass is 16.2. The highest BCUT2D eigenvalue weighted by Crippen LogP contribution is 2.25. The largest absolute Gasteiger partial charge is 0.345 e. The van der Waals surface area contributed by atoms with Crippen molar-refractivity contribution in [2.75, 3.05) is 13.1 Å². The molecule has 0 radical (unpaired) electrons. The molecule has 1 atom stereocenters. The maximum Gasteiger partial charge on any atom is 0.345 e. The topological polar surface area (TPSA) is 94.7 Å². The first-order valence-electron chi connectivity index (χ1n) is 7.88. The summed E-state index contributed by atoms with van der Waals surface area (Å²) in [6.45, 7) is 5.24. The van der Waals surface area contributed by atoms with Gasteiger partial charge < -0.3 is 9.88 Å². The molecule has 1 aliphatic heterocycles. The molecule has 7 heteroatoms. The van der Waals surface area contributed by atoms with Crippen LogP contribution < -0.4 is 5.69 Å². The third kappa shape index (κ3) is 3.33. The Kier molecular flexibility index (Phi) is 4.27. The molecule has 2 aromatic rings. The minimum atomic E-state index is -0.337. The van der Waals surface area contributed by atoms with Gasteiger partial charge in [0.25, 0.3) is 0 Å². The number of carbonyl (C=O) groups is 1. The molecule has 1 unspecified atom stereocenters. The van der Waals surface area contributed by atoms with E-state index in [4.69, 9.17) is 0 Å². The van der Waals surface area contributed by atoms with Gasteiger partial charge in [0.15, 0.2) is 0 Å². The molecule has 1 fully saturated rings. The number of H-pyrrole nitrogens is 2. The van der Waals surface area contributed by atoms with Crippen LogP contribution in [0.5, 0.6) is 0 Å². The number of nitrogens with one attached hydrogen (secondary N) is 2. The summed E-state index contributed by atoms with van der Waals surface area (Å²) in [6.07, 6.45) is 3.79. The molecular weight excluding hydrogens is 294 g/mol. The normalized spacial score (nSPS) is 18.2. The van der Waals surface area contributed by atoms with Gasteiger partial charge in [0.05, 0.1) is 12.1 Å². The zero-order valence-electron chi connectivity index (χ0n) is 13.4. The highest BCUT2D eigenvalue weighted by Gasteiger charge is 2.26. The summed E-state index contributed by atoms with van der Waals surface area (Å²) in [4.78, 5) is 32.3. The monoisotopic (exact) mass is 315 g/mol.